The van der Waals surface area contributed by atoms with Gasteiger partial charge in [-0.2, -0.15) is 0 Å². The SMILES string of the molecule is O=C(c1ccccn1)N(Cc1cccnc1)Cc1cc2ccccc2[nH]c1=O. The Hall–Kier alpha value is -3.80. The van der Waals surface area contributed by atoms with Crippen LogP contribution in [0.5, 0.6) is 0 Å². The second-order valence-electron chi connectivity index (χ2n) is 6.45. The zero-order valence-corrected chi connectivity index (χ0v) is 15.1. The quantitative estimate of drug-likeness (QED) is 0.585. The molecule has 4 aromatic rings. The summed E-state index contributed by atoms with van der Waals surface area (Å²) in [6, 6.07) is 18.3. The van der Waals surface area contributed by atoms with Gasteiger partial charge in [-0.3, -0.25) is 19.6 Å². The van der Waals surface area contributed by atoms with Gasteiger partial charge >= 0.3 is 0 Å². The number of aromatic nitrogens is 3. The standard InChI is InChI=1S/C22H18N4O2/c27-21-18(12-17-7-1-2-8-19(17)25-21)15-26(14-16-6-5-10-23-13-16)22(28)20-9-3-4-11-24-20/h1-13H,14-15H2,(H,25,27). The number of para-hydroxylation sites is 1. The van der Waals surface area contributed by atoms with Gasteiger partial charge in [0, 0.05) is 36.2 Å². The molecule has 6 nitrogen and oxygen atoms in total. The number of hydrogen-bond donors (Lipinski definition) is 1. The molecule has 1 N–H and O–H groups in total. The van der Waals surface area contributed by atoms with Crippen LogP contribution in [0.25, 0.3) is 10.9 Å². The first-order valence-electron chi connectivity index (χ1n) is 8.91. The number of amides is 1. The van der Waals surface area contributed by atoms with Crippen molar-refractivity contribution >= 4 is 16.8 Å². The predicted octanol–water partition coefficient (Wildman–Crippen LogP) is 3.16. The Labute approximate surface area is 161 Å². The van der Waals surface area contributed by atoms with Crippen molar-refractivity contribution in [2.24, 2.45) is 0 Å². The van der Waals surface area contributed by atoms with Crippen LogP contribution in [0.2, 0.25) is 0 Å². The number of hydrogen-bond acceptors (Lipinski definition) is 4. The van der Waals surface area contributed by atoms with E-state index in [-0.39, 0.29) is 18.0 Å². The molecular formula is C22H18N4O2. The highest BCUT2D eigenvalue weighted by molar-refractivity contribution is 5.92. The Morgan fingerprint density at radius 3 is 2.61 bits per heavy atom. The molecule has 0 aliphatic rings. The summed E-state index contributed by atoms with van der Waals surface area (Å²) >= 11 is 0. The lowest BCUT2D eigenvalue weighted by Gasteiger charge is -2.22. The van der Waals surface area contributed by atoms with Gasteiger partial charge in [0.2, 0.25) is 0 Å². The summed E-state index contributed by atoms with van der Waals surface area (Å²) in [6.45, 7) is 0.500. The van der Waals surface area contributed by atoms with Gasteiger partial charge in [0.25, 0.3) is 11.5 Å². The van der Waals surface area contributed by atoms with Gasteiger partial charge in [-0.15, -0.1) is 0 Å². The molecule has 6 heteroatoms. The van der Waals surface area contributed by atoms with Crippen molar-refractivity contribution < 1.29 is 4.79 Å². The van der Waals surface area contributed by atoms with Crippen LogP contribution in [-0.2, 0) is 13.1 Å². The van der Waals surface area contributed by atoms with E-state index < -0.39 is 0 Å². The first-order valence-corrected chi connectivity index (χ1v) is 8.91. The second-order valence-corrected chi connectivity index (χ2v) is 6.45. The maximum absolute atomic E-state index is 13.1. The Morgan fingerprint density at radius 2 is 1.82 bits per heavy atom. The number of nitrogens with zero attached hydrogens (tertiary/aromatic N) is 3. The van der Waals surface area contributed by atoms with Crippen LogP contribution in [-0.4, -0.2) is 25.8 Å². The van der Waals surface area contributed by atoms with Gasteiger partial charge in [0.05, 0.1) is 6.54 Å². The zero-order chi connectivity index (χ0) is 19.3. The van der Waals surface area contributed by atoms with Crippen molar-refractivity contribution in [1.29, 1.82) is 0 Å². The monoisotopic (exact) mass is 370 g/mol. The van der Waals surface area contributed by atoms with E-state index in [1.165, 1.54) is 0 Å². The van der Waals surface area contributed by atoms with Crippen molar-refractivity contribution in [1.82, 2.24) is 19.9 Å². The van der Waals surface area contributed by atoms with Crippen molar-refractivity contribution in [2.45, 2.75) is 13.1 Å². The van der Waals surface area contributed by atoms with Gasteiger partial charge in [0.15, 0.2) is 0 Å². The second kappa shape index (κ2) is 7.84. The number of pyridine rings is 3. The first kappa shape index (κ1) is 17.6. The molecule has 0 radical (unpaired) electrons. The molecule has 0 spiro atoms. The molecule has 1 amide bonds. The van der Waals surface area contributed by atoms with E-state index in [2.05, 4.69) is 15.0 Å². The predicted molar refractivity (Wildman–Crippen MR) is 107 cm³/mol. The van der Waals surface area contributed by atoms with E-state index in [0.717, 1.165) is 16.5 Å². The fraction of sp³-hybridized carbons (Fsp3) is 0.0909. The number of H-pyrrole nitrogens is 1. The van der Waals surface area contributed by atoms with Crippen molar-refractivity contribution in [3.63, 3.8) is 0 Å². The third-order valence-corrected chi connectivity index (χ3v) is 4.46. The summed E-state index contributed by atoms with van der Waals surface area (Å²) < 4.78 is 0. The normalized spacial score (nSPS) is 10.7. The van der Waals surface area contributed by atoms with E-state index in [4.69, 9.17) is 0 Å². The third kappa shape index (κ3) is 3.81. The number of carbonyl (C=O) groups excluding carboxylic acids is 1. The molecule has 0 saturated carbocycles. The summed E-state index contributed by atoms with van der Waals surface area (Å²) in [4.78, 5) is 38.4. The van der Waals surface area contributed by atoms with Crippen molar-refractivity contribution in [3.8, 4) is 0 Å². The van der Waals surface area contributed by atoms with Crippen LogP contribution in [0.15, 0.2) is 84.0 Å². The van der Waals surface area contributed by atoms with E-state index >= 15 is 0 Å². The molecule has 138 valence electrons. The van der Waals surface area contributed by atoms with E-state index in [1.807, 2.05) is 42.5 Å². The van der Waals surface area contributed by atoms with Gasteiger partial charge in [-0.25, -0.2) is 0 Å². The van der Waals surface area contributed by atoms with E-state index in [9.17, 15) is 9.59 Å². The molecule has 0 fully saturated rings. The molecule has 0 aliphatic carbocycles. The molecule has 0 bridgehead atoms. The molecule has 1 aromatic carbocycles. The highest BCUT2D eigenvalue weighted by atomic mass is 16.2. The summed E-state index contributed by atoms with van der Waals surface area (Å²) in [5.41, 5.74) is 2.30. The highest BCUT2D eigenvalue weighted by Gasteiger charge is 2.19. The Kier molecular flexibility index (Phi) is 4.93. The van der Waals surface area contributed by atoms with Crippen molar-refractivity contribution in [3.05, 3.63) is 106 Å². The number of carbonyl (C=O) groups is 1. The minimum Gasteiger partial charge on any atom is -0.328 e. The first-order chi connectivity index (χ1) is 13.7. The molecular weight excluding hydrogens is 352 g/mol. The van der Waals surface area contributed by atoms with Gasteiger partial charge in [-0.1, -0.05) is 30.3 Å². The van der Waals surface area contributed by atoms with Gasteiger partial charge in [0.1, 0.15) is 5.69 Å². The number of fused-ring (bicyclic) bond motifs is 1. The molecule has 0 aliphatic heterocycles. The van der Waals surface area contributed by atoms with Crippen LogP contribution in [0.3, 0.4) is 0 Å². The lowest BCUT2D eigenvalue weighted by Crippen LogP contribution is -2.33. The average Bonchev–Trinajstić information content (AvgIpc) is 2.74. The largest absolute Gasteiger partial charge is 0.328 e. The minimum atomic E-state index is -0.239. The van der Waals surface area contributed by atoms with Crippen LogP contribution in [0, 0.1) is 0 Å². The molecule has 0 atom stereocenters. The third-order valence-electron chi connectivity index (χ3n) is 4.46. The topological polar surface area (TPSA) is 79.0 Å². The lowest BCUT2D eigenvalue weighted by atomic mass is 10.1. The van der Waals surface area contributed by atoms with Crippen LogP contribution < -0.4 is 5.56 Å². The van der Waals surface area contributed by atoms with E-state index in [0.29, 0.717) is 17.8 Å². The fourth-order valence-electron chi connectivity index (χ4n) is 3.08. The Bertz CT molecular complexity index is 1160. The smallest absolute Gasteiger partial charge is 0.273 e. The molecule has 28 heavy (non-hydrogen) atoms. The molecule has 3 heterocycles. The number of benzene rings is 1. The maximum atomic E-state index is 13.1. The molecule has 4 rings (SSSR count). The summed E-state index contributed by atoms with van der Waals surface area (Å²) in [5.74, 6) is -0.239. The fourth-order valence-corrected chi connectivity index (χ4v) is 3.08. The van der Waals surface area contributed by atoms with Gasteiger partial charge in [-0.05, 0) is 41.3 Å². The van der Waals surface area contributed by atoms with Crippen LogP contribution >= 0.6 is 0 Å². The van der Waals surface area contributed by atoms with Gasteiger partial charge < -0.3 is 9.88 Å². The minimum absolute atomic E-state index is 0.171. The number of nitrogens with one attached hydrogen (secondary N) is 1. The Morgan fingerprint density at radius 1 is 0.964 bits per heavy atom. The number of rotatable bonds is 5. The lowest BCUT2D eigenvalue weighted by molar-refractivity contribution is 0.0723. The summed E-state index contributed by atoms with van der Waals surface area (Å²) in [6.07, 6.45) is 4.98. The zero-order valence-electron chi connectivity index (χ0n) is 15.1. The molecule has 0 unspecified atom stereocenters. The van der Waals surface area contributed by atoms with E-state index in [1.54, 1.807) is 41.7 Å². The van der Waals surface area contributed by atoms with Crippen LogP contribution in [0.4, 0.5) is 0 Å². The summed E-state index contributed by atoms with van der Waals surface area (Å²) in [5, 5.41) is 0.920. The molecule has 0 saturated heterocycles. The summed E-state index contributed by atoms with van der Waals surface area (Å²) in [7, 11) is 0. The molecule has 3 aromatic heterocycles. The van der Waals surface area contributed by atoms with Crippen LogP contribution in [0.1, 0.15) is 21.6 Å². The number of aromatic amines is 1. The maximum Gasteiger partial charge on any atom is 0.273 e. The highest BCUT2D eigenvalue weighted by Crippen LogP contribution is 2.15. The van der Waals surface area contributed by atoms with Crippen molar-refractivity contribution in [2.75, 3.05) is 0 Å². The average molecular weight is 370 g/mol. The Balaban J connectivity index is 1.70.